The van der Waals surface area contributed by atoms with Crippen LogP contribution in [0.2, 0.25) is 4.34 Å². The normalized spacial score (nSPS) is 12.7. The minimum absolute atomic E-state index is 0.112. The van der Waals surface area contributed by atoms with Gasteiger partial charge in [-0.05, 0) is 41.5 Å². The zero-order valence-corrected chi connectivity index (χ0v) is 11.6. The van der Waals surface area contributed by atoms with E-state index in [1.165, 1.54) is 0 Å². The number of benzene rings is 1. The van der Waals surface area contributed by atoms with Gasteiger partial charge in [-0.2, -0.15) is 0 Å². The van der Waals surface area contributed by atoms with Gasteiger partial charge in [-0.1, -0.05) is 11.6 Å². The average molecular weight is 295 g/mol. The molecule has 0 fully saturated rings. The van der Waals surface area contributed by atoms with Crippen LogP contribution in [0.15, 0.2) is 28.9 Å². The number of hydrogen-bond acceptors (Lipinski definition) is 6. The molecule has 0 spiro atoms. The second kappa shape index (κ2) is 4.71. The molecule has 98 valence electrons. The average Bonchev–Trinajstić information content (AvgIpc) is 3.01. The fourth-order valence-corrected chi connectivity index (χ4v) is 2.93. The summed E-state index contributed by atoms with van der Waals surface area (Å²) in [5, 5.41) is 11.0. The highest BCUT2D eigenvalue weighted by Gasteiger charge is 2.13. The largest absolute Gasteiger partial charge is 0.397 e. The van der Waals surface area contributed by atoms with Crippen molar-refractivity contribution in [3.05, 3.63) is 33.5 Å². The van der Waals surface area contributed by atoms with Crippen molar-refractivity contribution < 1.29 is 4.63 Å². The number of rotatable bonds is 3. The van der Waals surface area contributed by atoms with E-state index in [9.17, 15) is 0 Å². The summed E-state index contributed by atoms with van der Waals surface area (Å²) in [5.41, 5.74) is 8.40. The quantitative estimate of drug-likeness (QED) is 0.720. The van der Waals surface area contributed by atoms with Crippen LogP contribution >= 0.6 is 22.9 Å². The lowest BCUT2D eigenvalue weighted by atomic mass is 10.2. The van der Waals surface area contributed by atoms with E-state index < -0.39 is 0 Å². The van der Waals surface area contributed by atoms with Crippen LogP contribution in [0.4, 0.5) is 11.4 Å². The molecule has 0 amide bonds. The molecule has 0 bridgehead atoms. The molecule has 19 heavy (non-hydrogen) atoms. The van der Waals surface area contributed by atoms with E-state index >= 15 is 0 Å². The van der Waals surface area contributed by atoms with Crippen LogP contribution in [0.5, 0.6) is 0 Å². The molecule has 0 aliphatic heterocycles. The topological polar surface area (TPSA) is 77.0 Å². The number of aromatic nitrogens is 2. The lowest BCUT2D eigenvalue weighted by Crippen LogP contribution is -2.05. The molecule has 1 unspecified atom stereocenters. The standard InChI is InChI=1S/C12H11ClN4OS/c1-6(9-4-5-10(13)19-9)15-8-3-2-7(14)11-12(8)17-18-16-11/h2-6,15H,14H2,1H3. The van der Waals surface area contributed by atoms with E-state index in [2.05, 4.69) is 22.6 Å². The number of halogens is 1. The van der Waals surface area contributed by atoms with Crippen LogP contribution in [-0.2, 0) is 0 Å². The minimum atomic E-state index is 0.112. The molecule has 0 saturated heterocycles. The molecule has 0 saturated carbocycles. The molecule has 3 N–H and O–H groups in total. The summed E-state index contributed by atoms with van der Waals surface area (Å²) in [6, 6.07) is 7.65. The highest BCUT2D eigenvalue weighted by atomic mass is 35.5. The third kappa shape index (κ3) is 2.24. The third-order valence-electron chi connectivity index (χ3n) is 2.84. The Morgan fingerprint density at radius 3 is 2.79 bits per heavy atom. The first-order valence-corrected chi connectivity index (χ1v) is 6.87. The van der Waals surface area contributed by atoms with E-state index in [1.54, 1.807) is 17.4 Å². The van der Waals surface area contributed by atoms with Gasteiger partial charge in [-0.3, -0.25) is 0 Å². The number of thiophene rings is 1. The summed E-state index contributed by atoms with van der Waals surface area (Å²) < 4.78 is 5.51. The van der Waals surface area contributed by atoms with Gasteiger partial charge in [0.2, 0.25) is 0 Å². The molecular weight excluding hydrogens is 284 g/mol. The number of anilines is 2. The van der Waals surface area contributed by atoms with Crippen molar-refractivity contribution in [2.45, 2.75) is 13.0 Å². The van der Waals surface area contributed by atoms with Gasteiger partial charge in [-0.15, -0.1) is 11.3 Å². The summed E-state index contributed by atoms with van der Waals surface area (Å²) >= 11 is 7.49. The van der Waals surface area contributed by atoms with Gasteiger partial charge in [0.25, 0.3) is 0 Å². The highest BCUT2D eigenvalue weighted by Crippen LogP contribution is 2.32. The molecule has 3 aromatic rings. The second-order valence-corrected chi connectivity index (χ2v) is 5.92. The van der Waals surface area contributed by atoms with Crippen LogP contribution in [-0.4, -0.2) is 10.3 Å². The maximum Gasteiger partial charge on any atom is 0.160 e. The Kier molecular flexibility index (Phi) is 3.04. The van der Waals surface area contributed by atoms with Crippen molar-refractivity contribution in [2.75, 3.05) is 11.1 Å². The van der Waals surface area contributed by atoms with Gasteiger partial charge in [-0.25, -0.2) is 4.63 Å². The Morgan fingerprint density at radius 1 is 1.26 bits per heavy atom. The lowest BCUT2D eigenvalue weighted by Gasteiger charge is -2.13. The van der Waals surface area contributed by atoms with Crippen LogP contribution < -0.4 is 11.1 Å². The Labute approximate surface area is 118 Å². The smallest absolute Gasteiger partial charge is 0.160 e. The zero-order chi connectivity index (χ0) is 13.4. The summed E-state index contributed by atoms with van der Waals surface area (Å²) in [5.74, 6) is 0. The molecule has 7 heteroatoms. The van der Waals surface area contributed by atoms with Gasteiger partial charge >= 0.3 is 0 Å². The summed E-state index contributed by atoms with van der Waals surface area (Å²) in [6.07, 6.45) is 0. The summed E-state index contributed by atoms with van der Waals surface area (Å²) in [7, 11) is 0. The molecule has 1 atom stereocenters. The fraction of sp³-hybridized carbons (Fsp3) is 0.167. The molecule has 1 aromatic carbocycles. The predicted molar refractivity (Wildman–Crippen MR) is 77.6 cm³/mol. The molecule has 2 heterocycles. The number of nitrogens with one attached hydrogen (secondary N) is 1. The number of fused-ring (bicyclic) bond motifs is 1. The monoisotopic (exact) mass is 294 g/mol. The molecule has 0 aliphatic carbocycles. The van der Waals surface area contributed by atoms with Crippen molar-refractivity contribution in [3.63, 3.8) is 0 Å². The lowest BCUT2D eigenvalue weighted by molar-refractivity contribution is 0.315. The predicted octanol–water partition coefficient (Wildman–Crippen LogP) is 3.69. The van der Waals surface area contributed by atoms with E-state index in [4.69, 9.17) is 22.0 Å². The number of hydrogen-bond donors (Lipinski definition) is 2. The first-order valence-electron chi connectivity index (χ1n) is 5.67. The van der Waals surface area contributed by atoms with Crippen molar-refractivity contribution in [2.24, 2.45) is 0 Å². The molecule has 0 radical (unpaired) electrons. The number of nitrogens with two attached hydrogens (primary N) is 1. The Hall–Kier alpha value is -1.79. The zero-order valence-electron chi connectivity index (χ0n) is 10.1. The van der Waals surface area contributed by atoms with Crippen LogP contribution in [0.1, 0.15) is 17.8 Å². The summed E-state index contributed by atoms with van der Waals surface area (Å²) in [6.45, 7) is 2.05. The van der Waals surface area contributed by atoms with Crippen molar-refractivity contribution in [1.82, 2.24) is 10.3 Å². The fourth-order valence-electron chi connectivity index (χ4n) is 1.87. The van der Waals surface area contributed by atoms with Gasteiger partial charge in [0.15, 0.2) is 11.0 Å². The van der Waals surface area contributed by atoms with Crippen LogP contribution in [0, 0.1) is 0 Å². The minimum Gasteiger partial charge on any atom is -0.397 e. The maximum absolute atomic E-state index is 5.94. The van der Waals surface area contributed by atoms with E-state index in [-0.39, 0.29) is 6.04 Å². The molecular formula is C12H11ClN4OS. The maximum atomic E-state index is 5.94. The van der Waals surface area contributed by atoms with Crippen LogP contribution in [0.3, 0.4) is 0 Å². The summed E-state index contributed by atoms with van der Waals surface area (Å²) in [4.78, 5) is 1.14. The van der Waals surface area contributed by atoms with Crippen LogP contribution in [0.25, 0.3) is 11.0 Å². The first kappa shape index (κ1) is 12.3. The first-order chi connectivity index (χ1) is 9.15. The highest BCUT2D eigenvalue weighted by molar-refractivity contribution is 7.16. The van der Waals surface area contributed by atoms with E-state index in [0.29, 0.717) is 16.7 Å². The van der Waals surface area contributed by atoms with Crippen molar-refractivity contribution >= 4 is 45.3 Å². The van der Waals surface area contributed by atoms with Gasteiger partial charge < -0.3 is 11.1 Å². The Balaban J connectivity index is 1.93. The van der Waals surface area contributed by atoms with Gasteiger partial charge in [0.05, 0.1) is 21.8 Å². The molecule has 0 aliphatic rings. The van der Waals surface area contributed by atoms with Gasteiger partial charge in [0, 0.05) is 4.88 Å². The SMILES string of the molecule is CC(Nc1ccc(N)c2nonc12)c1ccc(Cl)s1. The van der Waals surface area contributed by atoms with E-state index in [0.717, 1.165) is 14.9 Å². The number of nitrogens with zero attached hydrogens (tertiary/aromatic N) is 2. The van der Waals surface area contributed by atoms with E-state index in [1.807, 2.05) is 18.2 Å². The molecule has 2 aromatic heterocycles. The third-order valence-corrected chi connectivity index (χ3v) is 4.25. The Bertz CT molecular complexity index is 723. The van der Waals surface area contributed by atoms with Gasteiger partial charge in [0.1, 0.15) is 0 Å². The molecule has 3 rings (SSSR count). The van der Waals surface area contributed by atoms with Crippen molar-refractivity contribution in [1.29, 1.82) is 0 Å². The number of nitrogen functional groups attached to an aromatic ring is 1. The molecule has 5 nitrogen and oxygen atoms in total. The second-order valence-electron chi connectivity index (χ2n) is 4.17. The van der Waals surface area contributed by atoms with Crippen molar-refractivity contribution in [3.8, 4) is 0 Å². The Morgan fingerprint density at radius 2 is 2.05 bits per heavy atom.